The van der Waals surface area contributed by atoms with E-state index in [2.05, 4.69) is 15.3 Å². The van der Waals surface area contributed by atoms with Gasteiger partial charge in [0, 0.05) is 25.3 Å². The maximum absolute atomic E-state index is 8.70. The second kappa shape index (κ2) is 5.82. The van der Waals surface area contributed by atoms with Crippen molar-refractivity contribution in [1.29, 1.82) is 0 Å². The fraction of sp³-hybridized carbons (Fsp3) is 0.556. The predicted octanol–water partition coefficient (Wildman–Crippen LogP) is 1.17. The summed E-state index contributed by atoms with van der Waals surface area (Å²) in [5, 5.41) is 12.6. The second-order valence-electron chi connectivity index (χ2n) is 2.68. The first-order valence-corrected chi connectivity index (χ1v) is 5.58. The van der Waals surface area contributed by atoms with Crippen molar-refractivity contribution >= 4 is 17.6 Å². The van der Waals surface area contributed by atoms with Gasteiger partial charge in [-0.25, -0.2) is 9.97 Å². The molecule has 0 saturated heterocycles. The van der Waals surface area contributed by atoms with E-state index in [4.69, 9.17) is 5.11 Å². The monoisotopic (exact) mass is 213 g/mol. The lowest BCUT2D eigenvalue weighted by atomic mass is 10.4. The molecule has 0 amide bonds. The maximum Gasteiger partial charge on any atom is 0.131 e. The van der Waals surface area contributed by atoms with Crippen molar-refractivity contribution in [1.82, 2.24) is 9.97 Å². The number of aryl methyl sites for hydroxylation is 1. The molecule has 0 saturated carbocycles. The van der Waals surface area contributed by atoms with Gasteiger partial charge in [-0.15, -0.1) is 11.8 Å². The Kier molecular flexibility index (Phi) is 4.69. The number of hydrogen-bond acceptors (Lipinski definition) is 5. The molecule has 0 spiro atoms. The number of aliphatic hydroxyl groups is 1. The molecule has 0 bridgehead atoms. The minimum atomic E-state index is 0.172. The van der Waals surface area contributed by atoms with Gasteiger partial charge in [0.2, 0.25) is 0 Å². The number of thioether (sulfide) groups is 1. The van der Waals surface area contributed by atoms with Crippen molar-refractivity contribution in [3.8, 4) is 0 Å². The minimum Gasteiger partial charge on any atom is -0.396 e. The molecular weight excluding hydrogens is 198 g/mol. The van der Waals surface area contributed by atoms with Gasteiger partial charge in [0.25, 0.3) is 0 Å². The van der Waals surface area contributed by atoms with Crippen LogP contribution in [0.1, 0.15) is 12.7 Å². The topological polar surface area (TPSA) is 58.0 Å². The summed E-state index contributed by atoms with van der Waals surface area (Å²) in [6.07, 6.45) is 0.822. The summed E-state index contributed by atoms with van der Waals surface area (Å²) in [6, 6.07) is 1.89. The molecule has 0 aliphatic heterocycles. The van der Waals surface area contributed by atoms with Gasteiger partial charge in [0.05, 0.1) is 6.61 Å². The molecule has 4 nitrogen and oxygen atoms in total. The number of hydrogen-bond donors (Lipinski definition) is 2. The number of nitrogens with zero attached hydrogens (tertiary/aromatic N) is 2. The third kappa shape index (κ3) is 3.16. The van der Waals surface area contributed by atoms with E-state index in [1.807, 2.05) is 20.0 Å². The van der Waals surface area contributed by atoms with Crippen molar-refractivity contribution < 1.29 is 5.11 Å². The van der Waals surface area contributed by atoms with E-state index >= 15 is 0 Å². The molecule has 0 unspecified atom stereocenters. The summed E-state index contributed by atoms with van der Waals surface area (Å²) >= 11 is 1.54. The van der Waals surface area contributed by atoms with Gasteiger partial charge in [-0.3, -0.25) is 0 Å². The second-order valence-corrected chi connectivity index (χ2v) is 3.80. The summed E-state index contributed by atoms with van der Waals surface area (Å²) in [4.78, 5) is 8.62. The van der Waals surface area contributed by atoms with Crippen LogP contribution in [0.3, 0.4) is 0 Å². The minimum absolute atomic E-state index is 0.172. The Bertz CT molecular complexity index is 271. The Hall–Kier alpha value is -0.810. The zero-order valence-corrected chi connectivity index (χ0v) is 9.27. The number of aromatic nitrogens is 2. The van der Waals surface area contributed by atoms with Crippen LogP contribution in [0, 0.1) is 0 Å². The lowest BCUT2D eigenvalue weighted by molar-refractivity contribution is 0.322. The van der Waals surface area contributed by atoms with Crippen LogP contribution in [0.4, 0.5) is 5.82 Å². The van der Waals surface area contributed by atoms with Crippen LogP contribution < -0.4 is 5.32 Å². The number of rotatable bonds is 5. The number of anilines is 1. The third-order valence-electron chi connectivity index (χ3n) is 1.66. The van der Waals surface area contributed by atoms with Gasteiger partial charge in [0.1, 0.15) is 16.7 Å². The van der Waals surface area contributed by atoms with Crippen molar-refractivity contribution in [2.24, 2.45) is 0 Å². The maximum atomic E-state index is 8.70. The van der Waals surface area contributed by atoms with Crippen LogP contribution in [-0.4, -0.2) is 34.5 Å². The zero-order chi connectivity index (χ0) is 10.4. The SMILES string of the molecule is CCc1nc(NC)cc(SCCO)n1. The van der Waals surface area contributed by atoms with E-state index in [1.54, 1.807) is 0 Å². The van der Waals surface area contributed by atoms with Gasteiger partial charge in [-0.2, -0.15) is 0 Å². The molecule has 0 atom stereocenters. The van der Waals surface area contributed by atoms with Crippen LogP contribution >= 0.6 is 11.8 Å². The van der Waals surface area contributed by atoms with E-state index in [0.29, 0.717) is 5.75 Å². The molecule has 5 heteroatoms. The highest BCUT2D eigenvalue weighted by Crippen LogP contribution is 2.18. The van der Waals surface area contributed by atoms with Gasteiger partial charge in [0.15, 0.2) is 0 Å². The normalized spacial score (nSPS) is 10.2. The Morgan fingerprint density at radius 3 is 2.86 bits per heavy atom. The highest BCUT2D eigenvalue weighted by Gasteiger charge is 2.02. The van der Waals surface area contributed by atoms with Crippen LogP contribution in [-0.2, 0) is 6.42 Å². The molecule has 14 heavy (non-hydrogen) atoms. The summed E-state index contributed by atoms with van der Waals surface area (Å²) in [5.74, 6) is 2.33. The van der Waals surface area contributed by atoms with Gasteiger partial charge in [-0.1, -0.05) is 6.92 Å². The molecule has 0 radical (unpaired) electrons. The van der Waals surface area contributed by atoms with E-state index < -0.39 is 0 Å². The number of nitrogens with one attached hydrogen (secondary N) is 1. The molecule has 0 aliphatic rings. The molecule has 2 N–H and O–H groups in total. The molecule has 1 rings (SSSR count). The molecule has 1 aromatic rings. The summed E-state index contributed by atoms with van der Waals surface area (Å²) in [5.41, 5.74) is 0. The first kappa shape index (κ1) is 11.3. The highest BCUT2D eigenvalue weighted by molar-refractivity contribution is 7.99. The van der Waals surface area contributed by atoms with E-state index in [-0.39, 0.29) is 6.61 Å². The largest absolute Gasteiger partial charge is 0.396 e. The van der Waals surface area contributed by atoms with Crippen molar-refractivity contribution in [3.05, 3.63) is 11.9 Å². The van der Waals surface area contributed by atoms with Crippen molar-refractivity contribution in [3.63, 3.8) is 0 Å². The molecule has 0 aliphatic carbocycles. The highest BCUT2D eigenvalue weighted by atomic mass is 32.2. The predicted molar refractivity (Wildman–Crippen MR) is 58.8 cm³/mol. The molecule has 78 valence electrons. The fourth-order valence-electron chi connectivity index (χ4n) is 0.983. The lowest BCUT2D eigenvalue weighted by Crippen LogP contribution is -2.00. The van der Waals surface area contributed by atoms with E-state index in [9.17, 15) is 0 Å². The number of aliphatic hydroxyl groups excluding tert-OH is 1. The van der Waals surface area contributed by atoms with Crippen LogP contribution in [0.15, 0.2) is 11.1 Å². The van der Waals surface area contributed by atoms with Gasteiger partial charge in [-0.05, 0) is 0 Å². The summed E-state index contributed by atoms with van der Waals surface area (Å²) < 4.78 is 0. The Morgan fingerprint density at radius 1 is 1.50 bits per heavy atom. The molecule has 0 aromatic carbocycles. The molecule has 1 aromatic heterocycles. The molecule has 1 heterocycles. The molecular formula is C9H15N3OS. The van der Waals surface area contributed by atoms with E-state index in [0.717, 1.165) is 23.1 Å². The third-order valence-corrected chi connectivity index (χ3v) is 2.55. The van der Waals surface area contributed by atoms with Crippen molar-refractivity contribution in [2.45, 2.75) is 18.4 Å². The van der Waals surface area contributed by atoms with Crippen molar-refractivity contribution in [2.75, 3.05) is 24.7 Å². The standard InChI is InChI=1S/C9H15N3OS/c1-3-7-11-8(10-2)6-9(12-7)14-5-4-13/h6,13H,3-5H2,1-2H3,(H,10,11,12). The fourth-order valence-corrected chi connectivity index (χ4v) is 1.65. The average Bonchev–Trinajstić information content (AvgIpc) is 2.25. The molecule has 0 fully saturated rings. The lowest BCUT2D eigenvalue weighted by Gasteiger charge is -2.05. The Balaban J connectivity index is 2.81. The van der Waals surface area contributed by atoms with Gasteiger partial charge >= 0.3 is 0 Å². The summed E-state index contributed by atoms with van der Waals surface area (Å²) in [6.45, 7) is 2.19. The zero-order valence-electron chi connectivity index (χ0n) is 8.45. The smallest absolute Gasteiger partial charge is 0.131 e. The Labute approximate surface area is 88.2 Å². The first-order valence-electron chi connectivity index (χ1n) is 4.59. The Morgan fingerprint density at radius 2 is 2.29 bits per heavy atom. The van der Waals surface area contributed by atoms with Crippen LogP contribution in [0.25, 0.3) is 0 Å². The van der Waals surface area contributed by atoms with E-state index in [1.165, 1.54) is 11.8 Å². The van der Waals surface area contributed by atoms with Crippen LogP contribution in [0.5, 0.6) is 0 Å². The first-order chi connectivity index (χ1) is 6.80. The average molecular weight is 213 g/mol. The quantitative estimate of drug-likeness (QED) is 0.568. The van der Waals surface area contributed by atoms with Gasteiger partial charge < -0.3 is 10.4 Å². The van der Waals surface area contributed by atoms with Crippen LogP contribution in [0.2, 0.25) is 0 Å². The summed E-state index contributed by atoms with van der Waals surface area (Å²) in [7, 11) is 1.84.